The maximum Gasteiger partial charge on any atom is 0.308 e. The molecule has 1 aromatic carbocycles. The van der Waals surface area contributed by atoms with Gasteiger partial charge in [0.2, 0.25) is 10.0 Å². The summed E-state index contributed by atoms with van der Waals surface area (Å²) in [5.41, 5.74) is 0. The summed E-state index contributed by atoms with van der Waals surface area (Å²) < 4.78 is 39.6. The normalized spacial score (nSPS) is 22.9. The van der Waals surface area contributed by atoms with Gasteiger partial charge in [-0.15, -0.1) is 0 Å². The quantitative estimate of drug-likeness (QED) is 0.888. The van der Waals surface area contributed by atoms with Crippen LogP contribution in [0.25, 0.3) is 0 Å². The van der Waals surface area contributed by atoms with Crippen LogP contribution < -0.4 is 4.72 Å². The first-order valence-corrected chi connectivity index (χ1v) is 7.87. The number of carboxylic acid groups (broad SMARTS) is 1. The molecule has 1 fully saturated rings. The Morgan fingerprint density at radius 3 is 2.70 bits per heavy atom. The van der Waals surface area contributed by atoms with Crippen molar-refractivity contribution in [3.05, 3.63) is 29.0 Å². The maximum absolute atomic E-state index is 12.9. The summed E-state index contributed by atoms with van der Waals surface area (Å²) in [6, 6.07) is 2.28. The molecule has 8 heteroatoms. The summed E-state index contributed by atoms with van der Waals surface area (Å²) >= 11 is 5.72. The third kappa shape index (κ3) is 3.11. The molecule has 1 aromatic rings. The zero-order valence-corrected chi connectivity index (χ0v) is 11.9. The van der Waals surface area contributed by atoms with E-state index in [1.54, 1.807) is 0 Å². The van der Waals surface area contributed by atoms with Gasteiger partial charge in [-0.2, -0.15) is 0 Å². The number of benzene rings is 1. The van der Waals surface area contributed by atoms with Crippen LogP contribution in [0.3, 0.4) is 0 Å². The molecule has 0 radical (unpaired) electrons. The Morgan fingerprint density at radius 2 is 2.10 bits per heavy atom. The van der Waals surface area contributed by atoms with E-state index in [9.17, 15) is 17.6 Å². The van der Waals surface area contributed by atoms with Crippen molar-refractivity contribution in [1.82, 2.24) is 4.72 Å². The SMILES string of the molecule is O=C(O)C1CCCC1NS(=O)(=O)c1ccc(F)cc1Cl. The van der Waals surface area contributed by atoms with Crippen molar-refractivity contribution in [3.8, 4) is 0 Å². The highest BCUT2D eigenvalue weighted by Gasteiger charge is 2.36. The summed E-state index contributed by atoms with van der Waals surface area (Å²) in [5, 5.41) is 8.80. The fraction of sp³-hybridized carbons (Fsp3) is 0.417. The molecule has 1 aliphatic carbocycles. The van der Waals surface area contributed by atoms with Crippen LogP contribution in [0.4, 0.5) is 4.39 Å². The molecule has 0 aliphatic heterocycles. The predicted octanol–water partition coefficient (Wildman–Crippen LogP) is 2.01. The molecule has 0 spiro atoms. The van der Waals surface area contributed by atoms with Crippen molar-refractivity contribution in [3.63, 3.8) is 0 Å². The average molecular weight is 322 g/mol. The molecular weight excluding hydrogens is 309 g/mol. The van der Waals surface area contributed by atoms with E-state index in [0.717, 1.165) is 18.2 Å². The molecule has 110 valence electrons. The Kier molecular flexibility index (Phi) is 4.31. The van der Waals surface area contributed by atoms with Gasteiger partial charge in [0.25, 0.3) is 0 Å². The molecule has 0 heterocycles. The lowest BCUT2D eigenvalue weighted by Crippen LogP contribution is -2.40. The molecule has 5 nitrogen and oxygen atoms in total. The molecule has 2 N–H and O–H groups in total. The largest absolute Gasteiger partial charge is 0.481 e. The van der Waals surface area contributed by atoms with Gasteiger partial charge in [0.15, 0.2) is 0 Å². The van der Waals surface area contributed by atoms with E-state index in [2.05, 4.69) is 4.72 Å². The first-order chi connectivity index (χ1) is 9.31. The highest BCUT2D eigenvalue weighted by Crippen LogP contribution is 2.29. The van der Waals surface area contributed by atoms with Gasteiger partial charge in [-0.05, 0) is 31.0 Å². The predicted molar refractivity (Wildman–Crippen MR) is 70.5 cm³/mol. The summed E-state index contributed by atoms with van der Waals surface area (Å²) in [6.07, 6.45) is 1.52. The van der Waals surface area contributed by atoms with E-state index in [-0.39, 0.29) is 9.92 Å². The highest BCUT2D eigenvalue weighted by molar-refractivity contribution is 7.89. The molecule has 1 saturated carbocycles. The van der Waals surface area contributed by atoms with Gasteiger partial charge in [0.05, 0.1) is 10.9 Å². The number of hydrogen-bond acceptors (Lipinski definition) is 3. The average Bonchev–Trinajstić information content (AvgIpc) is 2.75. The third-order valence-corrected chi connectivity index (χ3v) is 5.30. The van der Waals surface area contributed by atoms with Crippen molar-refractivity contribution < 1.29 is 22.7 Å². The van der Waals surface area contributed by atoms with Gasteiger partial charge in [-0.25, -0.2) is 17.5 Å². The number of carboxylic acids is 1. The van der Waals surface area contributed by atoms with Crippen LogP contribution in [0.1, 0.15) is 19.3 Å². The smallest absolute Gasteiger partial charge is 0.308 e. The molecule has 0 saturated heterocycles. The lowest BCUT2D eigenvalue weighted by Gasteiger charge is -2.18. The van der Waals surface area contributed by atoms with Crippen LogP contribution in [0.5, 0.6) is 0 Å². The highest BCUT2D eigenvalue weighted by atomic mass is 35.5. The zero-order valence-electron chi connectivity index (χ0n) is 10.3. The van der Waals surface area contributed by atoms with E-state index in [1.807, 2.05) is 0 Å². The second kappa shape index (κ2) is 5.67. The molecule has 20 heavy (non-hydrogen) atoms. The van der Waals surface area contributed by atoms with Crippen molar-refractivity contribution >= 4 is 27.6 Å². The van der Waals surface area contributed by atoms with Gasteiger partial charge in [-0.1, -0.05) is 18.0 Å². The topological polar surface area (TPSA) is 83.5 Å². The number of hydrogen-bond donors (Lipinski definition) is 2. The van der Waals surface area contributed by atoms with Crippen LogP contribution in [0.2, 0.25) is 5.02 Å². The standard InChI is InChI=1S/C12H13ClFNO4S/c13-9-6-7(14)4-5-11(9)20(18,19)15-10-3-1-2-8(10)12(16)17/h4-6,8,10,15H,1-3H2,(H,16,17). The number of aliphatic carboxylic acids is 1. The minimum Gasteiger partial charge on any atom is -0.481 e. The Balaban J connectivity index is 2.25. The molecular formula is C12H13ClFNO4S. The van der Waals surface area contributed by atoms with Crippen molar-refractivity contribution in [2.45, 2.75) is 30.2 Å². The summed E-state index contributed by atoms with van der Waals surface area (Å²) in [6.45, 7) is 0. The minimum absolute atomic E-state index is 0.234. The molecule has 0 amide bonds. The second-order valence-corrected chi connectivity index (χ2v) is 6.77. The summed E-state index contributed by atoms with van der Waals surface area (Å²) in [4.78, 5) is 10.8. The Labute approximate surface area is 120 Å². The molecule has 0 aromatic heterocycles. The lowest BCUT2D eigenvalue weighted by molar-refractivity contribution is -0.141. The van der Waals surface area contributed by atoms with E-state index in [1.165, 1.54) is 0 Å². The first-order valence-electron chi connectivity index (χ1n) is 6.01. The van der Waals surface area contributed by atoms with Crippen LogP contribution in [-0.4, -0.2) is 25.5 Å². The summed E-state index contributed by atoms with van der Waals surface area (Å²) in [5.74, 6) is -2.41. The van der Waals surface area contributed by atoms with Gasteiger partial charge >= 0.3 is 5.97 Å². The minimum atomic E-state index is -3.97. The van der Waals surface area contributed by atoms with Crippen LogP contribution >= 0.6 is 11.6 Å². The molecule has 0 bridgehead atoms. The third-order valence-electron chi connectivity index (χ3n) is 3.32. The van der Waals surface area contributed by atoms with Crippen molar-refractivity contribution in [2.24, 2.45) is 5.92 Å². The fourth-order valence-electron chi connectivity index (χ4n) is 2.35. The first kappa shape index (κ1) is 15.2. The Hall–Kier alpha value is -1.18. The van der Waals surface area contributed by atoms with E-state index in [4.69, 9.17) is 16.7 Å². The Bertz CT molecular complexity index is 634. The van der Waals surface area contributed by atoms with Gasteiger partial charge < -0.3 is 5.11 Å². The van der Waals surface area contributed by atoms with Gasteiger partial charge in [0, 0.05) is 6.04 Å². The number of sulfonamides is 1. The van der Waals surface area contributed by atoms with Crippen molar-refractivity contribution in [1.29, 1.82) is 0 Å². The van der Waals surface area contributed by atoms with E-state index in [0.29, 0.717) is 19.3 Å². The number of nitrogens with one attached hydrogen (secondary N) is 1. The second-order valence-electron chi connectivity index (χ2n) is 4.68. The van der Waals surface area contributed by atoms with Crippen LogP contribution in [-0.2, 0) is 14.8 Å². The Morgan fingerprint density at radius 1 is 1.40 bits per heavy atom. The maximum atomic E-state index is 12.9. The number of carbonyl (C=O) groups is 1. The molecule has 2 unspecified atom stereocenters. The lowest BCUT2D eigenvalue weighted by atomic mass is 10.1. The van der Waals surface area contributed by atoms with Gasteiger partial charge in [-0.3, -0.25) is 4.79 Å². The van der Waals surface area contributed by atoms with Gasteiger partial charge in [0.1, 0.15) is 10.7 Å². The van der Waals surface area contributed by atoms with E-state index < -0.39 is 33.8 Å². The fourth-order valence-corrected chi connectivity index (χ4v) is 4.20. The monoisotopic (exact) mass is 321 g/mol. The number of rotatable bonds is 4. The summed E-state index contributed by atoms with van der Waals surface area (Å²) in [7, 11) is -3.97. The number of halogens is 2. The van der Waals surface area contributed by atoms with E-state index >= 15 is 0 Å². The zero-order chi connectivity index (χ0) is 14.9. The molecule has 2 rings (SSSR count). The molecule has 1 aliphatic rings. The molecule has 2 atom stereocenters. The van der Waals surface area contributed by atoms with Crippen molar-refractivity contribution in [2.75, 3.05) is 0 Å². The van der Waals surface area contributed by atoms with Crippen LogP contribution in [0.15, 0.2) is 23.1 Å². The van der Waals surface area contributed by atoms with Crippen LogP contribution in [0, 0.1) is 11.7 Å².